The van der Waals surface area contributed by atoms with Crippen molar-refractivity contribution in [2.24, 2.45) is 0 Å². The van der Waals surface area contributed by atoms with Crippen LogP contribution in [0, 0.1) is 10.1 Å². The molecule has 0 atom stereocenters. The van der Waals surface area contributed by atoms with E-state index in [-0.39, 0.29) is 16.5 Å². The molecule has 158 valence electrons. The van der Waals surface area contributed by atoms with Gasteiger partial charge in [-0.25, -0.2) is 0 Å². The number of amides is 2. The second-order valence-electron chi connectivity index (χ2n) is 6.14. The van der Waals surface area contributed by atoms with Gasteiger partial charge in [0.05, 0.1) is 24.0 Å². The Balaban J connectivity index is 1.69. The van der Waals surface area contributed by atoms with Gasteiger partial charge < -0.3 is 19.8 Å². The summed E-state index contributed by atoms with van der Waals surface area (Å²) >= 11 is 5.77. The number of nitrogens with one attached hydrogen (secondary N) is 2. The van der Waals surface area contributed by atoms with E-state index in [0.29, 0.717) is 22.7 Å². The zero-order chi connectivity index (χ0) is 22.4. The van der Waals surface area contributed by atoms with Crippen LogP contribution in [0.15, 0.2) is 65.3 Å². The molecule has 0 unspecified atom stereocenters. The molecule has 10 heteroatoms. The van der Waals surface area contributed by atoms with Crippen molar-refractivity contribution in [3.05, 3.63) is 87.3 Å². The quantitative estimate of drug-likeness (QED) is 0.309. The van der Waals surface area contributed by atoms with Crippen molar-refractivity contribution in [2.45, 2.75) is 0 Å². The minimum Gasteiger partial charge on any atom is -0.494 e. The van der Waals surface area contributed by atoms with Crippen LogP contribution in [0.25, 0.3) is 6.08 Å². The SMILES string of the molecule is COc1cc(NC(=O)C=Cc2ccc(Cl)c([N+](=O)[O-])c2)ccc1NC(=O)c1ccco1. The summed E-state index contributed by atoms with van der Waals surface area (Å²) in [5.74, 6) is -0.436. The number of furan rings is 1. The number of hydrogen-bond acceptors (Lipinski definition) is 6. The first-order valence-electron chi connectivity index (χ1n) is 8.83. The van der Waals surface area contributed by atoms with Crippen molar-refractivity contribution < 1.29 is 23.7 Å². The number of carbonyl (C=O) groups is 2. The maximum absolute atomic E-state index is 12.2. The molecule has 1 aromatic heterocycles. The molecular formula is C21H16ClN3O6. The second kappa shape index (κ2) is 9.59. The zero-order valence-corrected chi connectivity index (χ0v) is 16.9. The van der Waals surface area contributed by atoms with Crippen molar-refractivity contribution in [3.8, 4) is 5.75 Å². The van der Waals surface area contributed by atoms with Gasteiger partial charge >= 0.3 is 0 Å². The molecule has 0 bridgehead atoms. The van der Waals surface area contributed by atoms with Crippen LogP contribution in [0.1, 0.15) is 16.1 Å². The standard InChI is InChI=1S/C21H16ClN3O6/c1-30-19-12-14(6-8-16(19)24-21(27)18-3-2-10-31-18)23-20(26)9-5-13-4-7-15(22)17(11-13)25(28)29/h2-12H,1H3,(H,23,26)(H,24,27). The van der Waals surface area contributed by atoms with Crippen LogP contribution in [0.4, 0.5) is 17.1 Å². The molecule has 3 aromatic rings. The second-order valence-corrected chi connectivity index (χ2v) is 6.54. The summed E-state index contributed by atoms with van der Waals surface area (Å²) in [5, 5.41) is 16.3. The van der Waals surface area contributed by atoms with Gasteiger partial charge in [-0.2, -0.15) is 0 Å². The van der Waals surface area contributed by atoms with E-state index in [1.807, 2.05) is 0 Å². The average molecular weight is 442 g/mol. The Morgan fingerprint density at radius 3 is 2.65 bits per heavy atom. The van der Waals surface area contributed by atoms with E-state index in [4.69, 9.17) is 20.8 Å². The fraction of sp³-hybridized carbons (Fsp3) is 0.0476. The number of benzene rings is 2. The van der Waals surface area contributed by atoms with Crippen LogP contribution in [0.2, 0.25) is 5.02 Å². The van der Waals surface area contributed by atoms with Crippen molar-refractivity contribution in [1.82, 2.24) is 0 Å². The Hall–Kier alpha value is -4.11. The van der Waals surface area contributed by atoms with Gasteiger partial charge in [-0.1, -0.05) is 17.7 Å². The summed E-state index contributed by atoms with van der Waals surface area (Å²) in [6, 6.07) is 12.0. The molecular weight excluding hydrogens is 426 g/mol. The topological polar surface area (TPSA) is 124 Å². The lowest BCUT2D eigenvalue weighted by molar-refractivity contribution is -0.384. The highest BCUT2D eigenvalue weighted by Crippen LogP contribution is 2.29. The number of rotatable bonds is 7. The highest BCUT2D eigenvalue weighted by atomic mass is 35.5. The maximum Gasteiger partial charge on any atom is 0.291 e. The Morgan fingerprint density at radius 2 is 1.97 bits per heavy atom. The Morgan fingerprint density at radius 1 is 1.16 bits per heavy atom. The highest BCUT2D eigenvalue weighted by molar-refractivity contribution is 6.32. The lowest BCUT2D eigenvalue weighted by Crippen LogP contribution is -2.12. The molecule has 0 aliphatic rings. The summed E-state index contributed by atoms with van der Waals surface area (Å²) in [6.07, 6.45) is 4.04. The number of anilines is 2. The molecule has 0 aliphatic heterocycles. The lowest BCUT2D eigenvalue weighted by atomic mass is 10.2. The molecule has 0 aliphatic carbocycles. The van der Waals surface area contributed by atoms with E-state index in [1.165, 1.54) is 49.8 Å². The van der Waals surface area contributed by atoms with Crippen molar-refractivity contribution in [3.63, 3.8) is 0 Å². The zero-order valence-electron chi connectivity index (χ0n) is 16.1. The lowest BCUT2D eigenvalue weighted by Gasteiger charge is -2.11. The molecule has 0 spiro atoms. The molecule has 2 amide bonds. The molecule has 0 radical (unpaired) electrons. The van der Waals surface area contributed by atoms with Crippen molar-refractivity contribution in [1.29, 1.82) is 0 Å². The number of methoxy groups -OCH3 is 1. The summed E-state index contributed by atoms with van der Waals surface area (Å²) in [4.78, 5) is 34.7. The minimum absolute atomic E-state index is 0.0120. The molecule has 2 aromatic carbocycles. The Kier molecular flexibility index (Phi) is 6.68. The molecule has 2 N–H and O–H groups in total. The summed E-state index contributed by atoms with van der Waals surface area (Å²) in [7, 11) is 1.43. The highest BCUT2D eigenvalue weighted by Gasteiger charge is 2.14. The Labute approximate surface area is 181 Å². The molecule has 1 heterocycles. The first-order valence-corrected chi connectivity index (χ1v) is 9.21. The smallest absolute Gasteiger partial charge is 0.291 e. The van der Waals surface area contributed by atoms with Crippen LogP contribution in [0.5, 0.6) is 5.75 Å². The van der Waals surface area contributed by atoms with Gasteiger partial charge in [0.2, 0.25) is 5.91 Å². The van der Waals surface area contributed by atoms with Crippen LogP contribution in [-0.4, -0.2) is 23.8 Å². The summed E-state index contributed by atoms with van der Waals surface area (Å²) in [5.41, 5.74) is 1.01. The number of ether oxygens (including phenoxy) is 1. The van der Waals surface area contributed by atoms with Crippen LogP contribution < -0.4 is 15.4 Å². The van der Waals surface area contributed by atoms with Gasteiger partial charge in [0.1, 0.15) is 10.8 Å². The van der Waals surface area contributed by atoms with Gasteiger partial charge in [0.25, 0.3) is 11.6 Å². The van der Waals surface area contributed by atoms with Crippen molar-refractivity contribution in [2.75, 3.05) is 17.7 Å². The predicted molar refractivity (Wildman–Crippen MR) is 115 cm³/mol. The van der Waals surface area contributed by atoms with Gasteiger partial charge in [0, 0.05) is 23.9 Å². The number of nitro groups is 1. The first-order chi connectivity index (χ1) is 14.9. The molecule has 0 saturated carbocycles. The maximum atomic E-state index is 12.2. The third-order valence-electron chi connectivity index (χ3n) is 4.06. The average Bonchev–Trinajstić information content (AvgIpc) is 3.29. The number of hydrogen-bond donors (Lipinski definition) is 2. The van der Waals surface area contributed by atoms with E-state index >= 15 is 0 Å². The number of carbonyl (C=O) groups excluding carboxylic acids is 2. The molecule has 31 heavy (non-hydrogen) atoms. The van der Waals surface area contributed by atoms with Gasteiger partial charge in [-0.3, -0.25) is 19.7 Å². The summed E-state index contributed by atoms with van der Waals surface area (Å²) < 4.78 is 10.3. The first kappa shape index (κ1) is 21.6. The summed E-state index contributed by atoms with van der Waals surface area (Å²) in [6.45, 7) is 0. The third-order valence-corrected chi connectivity index (χ3v) is 4.38. The van der Waals surface area contributed by atoms with Gasteiger partial charge in [-0.15, -0.1) is 0 Å². The Bertz CT molecular complexity index is 1160. The minimum atomic E-state index is -0.599. The van der Waals surface area contributed by atoms with E-state index in [2.05, 4.69) is 10.6 Å². The molecule has 0 fully saturated rings. The molecule has 9 nitrogen and oxygen atoms in total. The van der Waals surface area contributed by atoms with E-state index in [1.54, 1.807) is 24.3 Å². The van der Waals surface area contributed by atoms with Gasteiger partial charge in [-0.05, 0) is 42.0 Å². The fourth-order valence-electron chi connectivity index (χ4n) is 2.59. The number of nitrogens with zero attached hydrogens (tertiary/aromatic N) is 1. The van der Waals surface area contributed by atoms with Gasteiger partial charge in [0.15, 0.2) is 5.76 Å². The van der Waals surface area contributed by atoms with Crippen molar-refractivity contribution >= 4 is 46.6 Å². The van der Waals surface area contributed by atoms with E-state index in [9.17, 15) is 19.7 Å². The van der Waals surface area contributed by atoms with Crippen LogP contribution >= 0.6 is 11.6 Å². The monoisotopic (exact) mass is 441 g/mol. The normalized spacial score (nSPS) is 10.6. The fourth-order valence-corrected chi connectivity index (χ4v) is 2.78. The predicted octanol–water partition coefficient (Wildman–Crippen LogP) is 4.75. The van der Waals surface area contributed by atoms with E-state index < -0.39 is 16.7 Å². The molecule has 3 rings (SSSR count). The third kappa shape index (κ3) is 5.49. The number of halogens is 1. The largest absolute Gasteiger partial charge is 0.494 e. The van der Waals surface area contributed by atoms with Crippen LogP contribution in [0.3, 0.4) is 0 Å². The van der Waals surface area contributed by atoms with Crippen LogP contribution in [-0.2, 0) is 4.79 Å². The molecule has 0 saturated heterocycles. The van der Waals surface area contributed by atoms with E-state index in [0.717, 1.165) is 0 Å². The number of nitro benzene ring substituents is 1.